The van der Waals surface area contributed by atoms with Crippen molar-refractivity contribution in [1.82, 2.24) is 4.57 Å². The van der Waals surface area contributed by atoms with Crippen molar-refractivity contribution >= 4 is 28.6 Å². The summed E-state index contributed by atoms with van der Waals surface area (Å²) in [6, 6.07) is 8.14. The first kappa shape index (κ1) is 16.8. The van der Waals surface area contributed by atoms with Gasteiger partial charge in [-0.1, -0.05) is 37.3 Å². The van der Waals surface area contributed by atoms with E-state index in [1.807, 2.05) is 41.5 Å². The molecular formula is C18H23N3O2S. The average Bonchev–Trinajstić information content (AvgIpc) is 2.89. The Hall–Kier alpha value is -2.08. The Balaban J connectivity index is 1.79. The molecule has 24 heavy (non-hydrogen) atoms. The van der Waals surface area contributed by atoms with Gasteiger partial charge in [-0.15, -0.1) is 0 Å². The van der Waals surface area contributed by atoms with E-state index in [4.69, 9.17) is 0 Å². The van der Waals surface area contributed by atoms with Crippen LogP contribution in [0.4, 0.5) is 11.4 Å². The maximum atomic E-state index is 12.8. The van der Waals surface area contributed by atoms with Gasteiger partial charge in [0.25, 0.3) is 0 Å². The number of para-hydroxylation sites is 2. The Morgan fingerprint density at radius 1 is 1.38 bits per heavy atom. The van der Waals surface area contributed by atoms with Crippen LogP contribution in [0, 0.1) is 12.8 Å². The molecule has 0 aliphatic carbocycles. The van der Waals surface area contributed by atoms with Crippen molar-refractivity contribution in [2.45, 2.75) is 39.8 Å². The molecule has 1 amide bonds. The third-order valence-electron chi connectivity index (χ3n) is 4.55. The molecule has 1 aliphatic rings. The van der Waals surface area contributed by atoms with E-state index in [0.29, 0.717) is 25.4 Å². The fraction of sp³-hybridized carbons (Fsp3) is 0.444. The van der Waals surface area contributed by atoms with Crippen LogP contribution in [0.1, 0.15) is 26.0 Å². The number of rotatable bonds is 4. The van der Waals surface area contributed by atoms with E-state index < -0.39 is 0 Å². The monoisotopic (exact) mass is 345 g/mol. The molecule has 0 saturated heterocycles. The summed E-state index contributed by atoms with van der Waals surface area (Å²) >= 11 is 1.18. The summed E-state index contributed by atoms with van der Waals surface area (Å²) in [6.07, 6.45) is 0.330. The number of carbonyl (C=O) groups is 1. The van der Waals surface area contributed by atoms with Gasteiger partial charge >= 0.3 is 4.87 Å². The van der Waals surface area contributed by atoms with Gasteiger partial charge in [0.15, 0.2) is 0 Å². The van der Waals surface area contributed by atoms with Gasteiger partial charge in [-0.25, -0.2) is 0 Å². The molecule has 0 saturated carbocycles. The molecule has 0 fully saturated rings. The highest BCUT2D eigenvalue weighted by Crippen LogP contribution is 2.32. The van der Waals surface area contributed by atoms with E-state index >= 15 is 0 Å². The van der Waals surface area contributed by atoms with Crippen LogP contribution in [0.15, 0.2) is 34.4 Å². The minimum Gasteiger partial charge on any atom is -0.379 e. The molecule has 1 aromatic heterocycles. The number of amides is 1. The van der Waals surface area contributed by atoms with E-state index in [0.717, 1.165) is 17.1 Å². The Labute approximate surface area is 145 Å². The van der Waals surface area contributed by atoms with Crippen molar-refractivity contribution in [1.29, 1.82) is 0 Å². The Kier molecular flexibility index (Phi) is 4.76. The molecule has 1 N–H and O–H groups in total. The first-order valence-corrected chi connectivity index (χ1v) is 9.16. The molecule has 5 nitrogen and oxygen atoms in total. The van der Waals surface area contributed by atoms with Crippen LogP contribution in [0.3, 0.4) is 0 Å². The van der Waals surface area contributed by atoms with Gasteiger partial charge in [-0.2, -0.15) is 0 Å². The zero-order valence-corrected chi connectivity index (χ0v) is 15.1. The highest BCUT2D eigenvalue weighted by atomic mass is 32.1. The smallest absolute Gasteiger partial charge is 0.307 e. The molecule has 0 radical (unpaired) electrons. The number of fused-ring (bicyclic) bond motifs is 1. The molecule has 3 rings (SSSR count). The van der Waals surface area contributed by atoms with Gasteiger partial charge in [0.1, 0.15) is 0 Å². The zero-order chi connectivity index (χ0) is 17.3. The molecule has 1 unspecified atom stereocenters. The quantitative estimate of drug-likeness (QED) is 0.926. The van der Waals surface area contributed by atoms with Crippen LogP contribution in [-0.4, -0.2) is 23.1 Å². The van der Waals surface area contributed by atoms with Crippen LogP contribution in [0.25, 0.3) is 0 Å². The SMILES string of the molecule is Cc1csc(=O)n1CCC(=O)N1CC(C(C)C)Nc2ccccc21. The van der Waals surface area contributed by atoms with Gasteiger partial charge in [-0.05, 0) is 25.0 Å². The van der Waals surface area contributed by atoms with E-state index in [2.05, 4.69) is 19.2 Å². The maximum absolute atomic E-state index is 12.8. The fourth-order valence-electron chi connectivity index (χ4n) is 3.00. The highest BCUT2D eigenvalue weighted by molar-refractivity contribution is 7.07. The van der Waals surface area contributed by atoms with E-state index in [1.54, 1.807) is 4.57 Å². The number of hydrogen-bond acceptors (Lipinski definition) is 4. The lowest BCUT2D eigenvalue weighted by molar-refractivity contribution is -0.118. The van der Waals surface area contributed by atoms with Crippen LogP contribution >= 0.6 is 11.3 Å². The van der Waals surface area contributed by atoms with Crippen molar-refractivity contribution in [2.24, 2.45) is 5.92 Å². The fourth-order valence-corrected chi connectivity index (χ4v) is 3.76. The number of thiazole rings is 1. The first-order chi connectivity index (χ1) is 11.5. The summed E-state index contributed by atoms with van der Waals surface area (Å²) in [5.41, 5.74) is 2.84. The summed E-state index contributed by atoms with van der Waals surface area (Å²) in [6.45, 7) is 7.30. The molecule has 1 aromatic carbocycles. The second-order valence-corrected chi connectivity index (χ2v) is 7.38. The van der Waals surface area contributed by atoms with Crippen molar-refractivity contribution in [3.8, 4) is 0 Å². The van der Waals surface area contributed by atoms with Gasteiger partial charge in [0.05, 0.1) is 11.4 Å². The second-order valence-electron chi connectivity index (χ2n) is 6.56. The normalized spacial score (nSPS) is 16.8. The summed E-state index contributed by atoms with van der Waals surface area (Å²) in [5, 5.41) is 5.36. The highest BCUT2D eigenvalue weighted by Gasteiger charge is 2.29. The van der Waals surface area contributed by atoms with Gasteiger partial charge < -0.3 is 14.8 Å². The van der Waals surface area contributed by atoms with Gasteiger partial charge in [0, 0.05) is 36.6 Å². The number of nitrogens with zero attached hydrogens (tertiary/aromatic N) is 2. The molecule has 128 valence electrons. The topological polar surface area (TPSA) is 54.3 Å². The molecule has 0 spiro atoms. The molecule has 0 bridgehead atoms. The summed E-state index contributed by atoms with van der Waals surface area (Å²) in [7, 11) is 0. The molecular weight excluding hydrogens is 322 g/mol. The average molecular weight is 345 g/mol. The van der Waals surface area contributed by atoms with Crippen LogP contribution in [0.2, 0.25) is 0 Å². The molecule has 1 atom stereocenters. The number of benzene rings is 1. The van der Waals surface area contributed by atoms with Gasteiger partial charge in [0.2, 0.25) is 5.91 Å². The summed E-state index contributed by atoms with van der Waals surface area (Å²) in [4.78, 5) is 26.5. The lowest BCUT2D eigenvalue weighted by Crippen LogP contribution is -2.47. The minimum absolute atomic E-state index is 0.000989. The third kappa shape index (κ3) is 3.24. The molecule has 1 aliphatic heterocycles. The summed E-state index contributed by atoms with van der Waals surface area (Å²) < 4.78 is 1.68. The van der Waals surface area contributed by atoms with Crippen LogP contribution < -0.4 is 15.1 Å². The number of hydrogen-bond donors (Lipinski definition) is 1. The predicted octanol–water partition coefficient (Wildman–Crippen LogP) is 3.09. The zero-order valence-electron chi connectivity index (χ0n) is 14.3. The van der Waals surface area contributed by atoms with Crippen LogP contribution in [0.5, 0.6) is 0 Å². The van der Waals surface area contributed by atoms with E-state index in [1.165, 1.54) is 11.3 Å². The van der Waals surface area contributed by atoms with Crippen molar-refractivity contribution in [2.75, 3.05) is 16.8 Å². The lowest BCUT2D eigenvalue weighted by atomic mass is 9.99. The number of anilines is 2. The number of nitrogens with one attached hydrogen (secondary N) is 1. The molecule has 2 aromatic rings. The Morgan fingerprint density at radius 3 is 2.79 bits per heavy atom. The van der Waals surface area contributed by atoms with Crippen molar-refractivity contribution in [3.05, 3.63) is 45.0 Å². The predicted molar refractivity (Wildman–Crippen MR) is 99.0 cm³/mol. The third-order valence-corrected chi connectivity index (χ3v) is 5.43. The molecule has 2 heterocycles. The number of aryl methyl sites for hydroxylation is 1. The standard InChI is InChI=1S/C18H23N3O2S/c1-12(2)15-10-21(16-7-5-4-6-14(16)19-15)17(22)8-9-20-13(3)11-24-18(20)23/h4-7,11-12,15,19H,8-10H2,1-3H3. The lowest BCUT2D eigenvalue weighted by Gasteiger charge is -2.37. The molecule has 6 heteroatoms. The largest absolute Gasteiger partial charge is 0.379 e. The number of aromatic nitrogens is 1. The Bertz CT molecular complexity index is 794. The summed E-state index contributed by atoms with van der Waals surface area (Å²) in [5.74, 6) is 0.488. The minimum atomic E-state index is 0.000989. The maximum Gasteiger partial charge on any atom is 0.307 e. The second kappa shape index (κ2) is 6.81. The Morgan fingerprint density at radius 2 is 2.12 bits per heavy atom. The van der Waals surface area contributed by atoms with Crippen molar-refractivity contribution < 1.29 is 4.79 Å². The number of carbonyl (C=O) groups excluding carboxylic acids is 1. The van der Waals surface area contributed by atoms with Gasteiger partial charge in [-0.3, -0.25) is 9.59 Å². The van der Waals surface area contributed by atoms with E-state index in [9.17, 15) is 9.59 Å². The van der Waals surface area contributed by atoms with Crippen LogP contribution in [-0.2, 0) is 11.3 Å². The van der Waals surface area contributed by atoms with Crippen molar-refractivity contribution in [3.63, 3.8) is 0 Å². The first-order valence-electron chi connectivity index (χ1n) is 8.28. The van der Waals surface area contributed by atoms with E-state index in [-0.39, 0.29) is 16.8 Å².